The SMILES string of the molecule is CC1(c2ccc(Br)cc2Cl)CC(N)c2cc(Cl)ccc2O1. The number of nitrogens with two attached hydrogens (primary N) is 1. The van der Waals surface area contributed by atoms with Crippen LogP contribution in [0.1, 0.15) is 30.5 Å². The Hall–Kier alpha value is -0.740. The average molecular weight is 387 g/mol. The van der Waals surface area contributed by atoms with Crippen LogP contribution in [0.15, 0.2) is 40.9 Å². The lowest BCUT2D eigenvalue weighted by atomic mass is 9.84. The lowest BCUT2D eigenvalue weighted by molar-refractivity contribution is 0.0512. The van der Waals surface area contributed by atoms with Crippen LogP contribution in [0.2, 0.25) is 10.0 Å². The van der Waals surface area contributed by atoms with Crippen LogP contribution in [0, 0.1) is 0 Å². The van der Waals surface area contributed by atoms with Crippen molar-refractivity contribution in [3.05, 3.63) is 62.0 Å². The van der Waals surface area contributed by atoms with E-state index in [4.69, 9.17) is 33.7 Å². The standard InChI is InChI=1S/C16H14BrCl2NO/c1-16(12-4-2-9(17)6-13(12)19)8-14(20)11-7-10(18)3-5-15(11)21-16/h2-7,14H,8,20H2,1H3. The van der Waals surface area contributed by atoms with Crippen molar-refractivity contribution >= 4 is 39.1 Å². The highest BCUT2D eigenvalue weighted by molar-refractivity contribution is 9.10. The topological polar surface area (TPSA) is 35.2 Å². The Morgan fingerprint density at radius 1 is 1.24 bits per heavy atom. The second-order valence-electron chi connectivity index (χ2n) is 5.45. The Balaban J connectivity index is 2.06. The van der Waals surface area contributed by atoms with E-state index >= 15 is 0 Å². The molecule has 0 bridgehead atoms. The van der Waals surface area contributed by atoms with Gasteiger partial charge in [0.05, 0.1) is 0 Å². The maximum Gasteiger partial charge on any atom is 0.134 e. The van der Waals surface area contributed by atoms with E-state index in [2.05, 4.69) is 15.9 Å². The fraction of sp³-hybridized carbons (Fsp3) is 0.250. The van der Waals surface area contributed by atoms with Crippen LogP contribution < -0.4 is 10.5 Å². The monoisotopic (exact) mass is 385 g/mol. The molecule has 0 radical (unpaired) electrons. The molecule has 0 aromatic heterocycles. The molecule has 0 fully saturated rings. The van der Waals surface area contributed by atoms with Gasteiger partial charge in [-0.1, -0.05) is 45.2 Å². The third kappa shape index (κ3) is 2.80. The molecule has 2 unspecified atom stereocenters. The zero-order chi connectivity index (χ0) is 15.2. The van der Waals surface area contributed by atoms with Gasteiger partial charge in [0.2, 0.25) is 0 Å². The molecule has 2 aromatic carbocycles. The van der Waals surface area contributed by atoms with Crippen LogP contribution in [0.3, 0.4) is 0 Å². The molecule has 0 saturated carbocycles. The Morgan fingerprint density at radius 2 is 2.00 bits per heavy atom. The van der Waals surface area contributed by atoms with Gasteiger partial charge in [0, 0.05) is 38.1 Å². The van der Waals surface area contributed by atoms with Gasteiger partial charge in [0.1, 0.15) is 11.4 Å². The Kier molecular flexibility index (Phi) is 3.95. The van der Waals surface area contributed by atoms with Crippen molar-refractivity contribution in [1.29, 1.82) is 0 Å². The summed E-state index contributed by atoms with van der Waals surface area (Å²) in [5, 5.41) is 1.33. The summed E-state index contributed by atoms with van der Waals surface area (Å²) in [4.78, 5) is 0. The van der Waals surface area contributed by atoms with Gasteiger partial charge in [0.15, 0.2) is 0 Å². The third-order valence-electron chi connectivity index (χ3n) is 3.82. The molecule has 110 valence electrons. The van der Waals surface area contributed by atoms with Crippen molar-refractivity contribution in [2.45, 2.75) is 25.0 Å². The molecule has 1 heterocycles. The molecular formula is C16H14BrCl2NO. The van der Waals surface area contributed by atoms with Crippen molar-refractivity contribution in [3.63, 3.8) is 0 Å². The van der Waals surface area contributed by atoms with Crippen molar-refractivity contribution in [1.82, 2.24) is 0 Å². The molecule has 3 rings (SSSR count). The van der Waals surface area contributed by atoms with Gasteiger partial charge in [0.25, 0.3) is 0 Å². The molecule has 1 aliphatic heterocycles. The molecule has 0 amide bonds. The molecule has 1 aliphatic rings. The van der Waals surface area contributed by atoms with E-state index < -0.39 is 5.60 Å². The second-order valence-corrected chi connectivity index (χ2v) is 7.21. The summed E-state index contributed by atoms with van der Waals surface area (Å²) in [7, 11) is 0. The van der Waals surface area contributed by atoms with E-state index in [1.54, 1.807) is 0 Å². The summed E-state index contributed by atoms with van der Waals surface area (Å²) in [5.41, 5.74) is 7.63. The minimum atomic E-state index is -0.558. The summed E-state index contributed by atoms with van der Waals surface area (Å²) in [6.45, 7) is 2.01. The summed E-state index contributed by atoms with van der Waals surface area (Å²) >= 11 is 15.8. The van der Waals surface area contributed by atoms with E-state index in [-0.39, 0.29) is 6.04 Å². The first-order valence-corrected chi connectivity index (χ1v) is 8.13. The van der Waals surface area contributed by atoms with Crippen LogP contribution in [0.5, 0.6) is 5.75 Å². The molecule has 0 spiro atoms. The highest BCUT2D eigenvalue weighted by atomic mass is 79.9. The summed E-state index contributed by atoms with van der Waals surface area (Å²) in [6.07, 6.45) is 0.641. The zero-order valence-electron chi connectivity index (χ0n) is 11.4. The van der Waals surface area contributed by atoms with E-state index in [0.717, 1.165) is 21.3 Å². The highest BCUT2D eigenvalue weighted by Gasteiger charge is 2.38. The normalized spacial score (nSPS) is 24.3. The van der Waals surface area contributed by atoms with Crippen molar-refractivity contribution in [2.24, 2.45) is 5.73 Å². The van der Waals surface area contributed by atoms with Gasteiger partial charge in [-0.3, -0.25) is 0 Å². The van der Waals surface area contributed by atoms with Crippen LogP contribution >= 0.6 is 39.1 Å². The minimum Gasteiger partial charge on any atom is -0.482 e. The molecule has 2 aromatic rings. The van der Waals surface area contributed by atoms with Gasteiger partial charge in [-0.15, -0.1) is 0 Å². The number of halogens is 3. The predicted molar refractivity (Wildman–Crippen MR) is 90.1 cm³/mol. The largest absolute Gasteiger partial charge is 0.482 e. The number of benzene rings is 2. The molecule has 0 saturated heterocycles. The Bertz CT molecular complexity index is 707. The number of ether oxygens (including phenoxy) is 1. The highest BCUT2D eigenvalue weighted by Crippen LogP contribution is 2.46. The number of hydrogen-bond donors (Lipinski definition) is 1. The maximum absolute atomic E-state index is 6.38. The molecule has 2 atom stereocenters. The first kappa shape index (κ1) is 15.2. The van der Waals surface area contributed by atoms with E-state index in [9.17, 15) is 0 Å². The van der Waals surface area contributed by atoms with Gasteiger partial charge >= 0.3 is 0 Å². The molecule has 0 aliphatic carbocycles. The number of hydrogen-bond acceptors (Lipinski definition) is 2. The molecular weight excluding hydrogens is 373 g/mol. The van der Waals surface area contributed by atoms with Gasteiger partial charge in [-0.25, -0.2) is 0 Å². The van der Waals surface area contributed by atoms with Gasteiger partial charge in [-0.2, -0.15) is 0 Å². The van der Waals surface area contributed by atoms with Crippen molar-refractivity contribution in [3.8, 4) is 5.75 Å². The molecule has 2 N–H and O–H groups in total. The van der Waals surface area contributed by atoms with E-state index in [1.807, 2.05) is 43.3 Å². The van der Waals surface area contributed by atoms with Crippen LogP contribution in [0.25, 0.3) is 0 Å². The predicted octanol–water partition coefficient (Wildman–Crippen LogP) is 5.45. The smallest absolute Gasteiger partial charge is 0.134 e. The summed E-state index contributed by atoms with van der Waals surface area (Å²) < 4.78 is 7.15. The van der Waals surface area contributed by atoms with Crippen molar-refractivity contribution in [2.75, 3.05) is 0 Å². The fourth-order valence-corrected chi connectivity index (χ4v) is 3.85. The Labute approximate surface area is 142 Å². The van der Waals surface area contributed by atoms with Gasteiger partial charge < -0.3 is 10.5 Å². The lowest BCUT2D eigenvalue weighted by Crippen LogP contribution is -2.38. The quantitative estimate of drug-likeness (QED) is 0.706. The van der Waals surface area contributed by atoms with Crippen LogP contribution in [-0.4, -0.2) is 0 Å². The molecule has 5 heteroatoms. The maximum atomic E-state index is 6.38. The number of fused-ring (bicyclic) bond motifs is 1. The first-order chi connectivity index (χ1) is 9.89. The fourth-order valence-electron chi connectivity index (χ4n) is 2.80. The Morgan fingerprint density at radius 3 is 2.71 bits per heavy atom. The van der Waals surface area contributed by atoms with Crippen LogP contribution in [0.4, 0.5) is 0 Å². The first-order valence-electron chi connectivity index (χ1n) is 6.59. The third-order valence-corrected chi connectivity index (χ3v) is 4.86. The minimum absolute atomic E-state index is 0.142. The number of rotatable bonds is 1. The zero-order valence-corrected chi connectivity index (χ0v) is 14.5. The summed E-state index contributed by atoms with van der Waals surface area (Å²) in [5.74, 6) is 0.764. The van der Waals surface area contributed by atoms with Gasteiger partial charge in [-0.05, 0) is 37.3 Å². The summed E-state index contributed by atoms with van der Waals surface area (Å²) in [6, 6.07) is 11.2. The molecule has 2 nitrogen and oxygen atoms in total. The lowest BCUT2D eigenvalue weighted by Gasteiger charge is -2.39. The van der Waals surface area contributed by atoms with E-state index in [1.165, 1.54) is 0 Å². The molecule has 21 heavy (non-hydrogen) atoms. The van der Waals surface area contributed by atoms with E-state index in [0.29, 0.717) is 16.5 Å². The van der Waals surface area contributed by atoms with Crippen molar-refractivity contribution < 1.29 is 4.74 Å². The average Bonchev–Trinajstić information content (AvgIpc) is 2.39. The van der Waals surface area contributed by atoms with Crippen LogP contribution in [-0.2, 0) is 5.60 Å². The second kappa shape index (κ2) is 5.47.